The van der Waals surface area contributed by atoms with Crippen LogP contribution in [0.1, 0.15) is 104 Å². The van der Waals surface area contributed by atoms with Crippen molar-refractivity contribution in [2.45, 2.75) is 116 Å². The fourth-order valence-electron chi connectivity index (χ4n) is 4.75. The van der Waals surface area contributed by atoms with Crippen LogP contribution < -0.4 is 16.4 Å². The third kappa shape index (κ3) is 11.1. The van der Waals surface area contributed by atoms with Crippen LogP contribution >= 0.6 is 0 Å². The van der Waals surface area contributed by atoms with Gasteiger partial charge in [0.2, 0.25) is 17.7 Å². The molecule has 1 fully saturated rings. The molecule has 218 valence electrons. The summed E-state index contributed by atoms with van der Waals surface area (Å²) in [5.74, 6) is -1.39. The van der Waals surface area contributed by atoms with Crippen LogP contribution in [0.15, 0.2) is 24.3 Å². The molecule has 2 unspecified atom stereocenters. The van der Waals surface area contributed by atoms with Crippen molar-refractivity contribution in [2.24, 2.45) is 5.73 Å². The van der Waals surface area contributed by atoms with Gasteiger partial charge in [-0.3, -0.25) is 14.4 Å². The van der Waals surface area contributed by atoms with Gasteiger partial charge < -0.3 is 31.1 Å². The van der Waals surface area contributed by atoms with Gasteiger partial charge in [0, 0.05) is 19.0 Å². The van der Waals surface area contributed by atoms with Gasteiger partial charge in [-0.1, -0.05) is 51.2 Å². The molecule has 2 atom stereocenters. The van der Waals surface area contributed by atoms with E-state index < -0.39 is 35.6 Å². The summed E-state index contributed by atoms with van der Waals surface area (Å²) >= 11 is 0. The van der Waals surface area contributed by atoms with Gasteiger partial charge in [-0.05, 0) is 64.2 Å². The zero-order valence-corrected chi connectivity index (χ0v) is 23.8. The number of hydrogen-bond donors (Lipinski definition) is 4. The van der Waals surface area contributed by atoms with E-state index in [1.54, 1.807) is 32.9 Å². The molecule has 1 saturated carbocycles. The Balaban J connectivity index is 2.45. The highest BCUT2D eigenvalue weighted by molar-refractivity contribution is 5.92. The van der Waals surface area contributed by atoms with E-state index in [1.807, 2.05) is 6.92 Å². The molecule has 0 radical (unpaired) electrons. The minimum absolute atomic E-state index is 0.0176. The van der Waals surface area contributed by atoms with Gasteiger partial charge in [-0.2, -0.15) is 0 Å². The average Bonchev–Trinajstić information content (AvgIpc) is 2.86. The number of hydrogen-bond acceptors (Lipinski definition) is 6. The molecule has 1 aromatic rings. The zero-order chi connectivity index (χ0) is 29.0. The molecule has 2 rings (SSSR count). The van der Waals surface area contributed by atoms with Crippen LogP contribution in [0.25, 0.3) is 0 Å². The number of rotatable bonds is 13. The Labute approximate surface area is 232 Å². The molecular weight excluding hydrogens is 500 g/mol. The Morgan fingerprint density at radius 1 is 1.08 bits per heavy atom. The minimum Gasteiger partial charge on any atom is -0.508 e. The van der Waals surface area contributed by atoms with Crippen LogP contribution in [-0.4, -0.2) is 58.1 Å². The van der Waals surface area contributed by atoms with E-state index in [4.69, 9.17) is 10.5 Å². The van der Waals surface area contributed by atoms with Crippen molar-refractivity contribution in [3.8, 4) is 5.75 Å². The third-order valence-corrected chi connectivity index (χ3v) is 6.67. The van der Waals surface area contributed by atoms with Gasteiger partial charge >= 0.3 is 6.09 Å². The van der Waals surface area contributed by atoms with Crippen LogP contribution in [0, 0.1) is 0 Å². The Kier molecular flexibility index (Phi) is 12.5. The number of amides is 4. The number of alkyl carbamates (subject to hydrolysis) is 1. The maximum atomic E-state index is 14.1. The number of nitrogens with one attached hydrogen (secondary N) is 2. The first-order valence-corrected chi connectivity index (χ1v) is 14.1. The van der Waals surface area contributed by atoms with Crippen LogP contribution in [0.5, 0.6) is 5.75 Å². The predicted octanol–water partition coefficient (Wildman–Crippen LogP) is 4.06. The Morgan fingerprint density at radius 2 is 1.72 bits per heavy atom. The second kappa shape index (κ2) is 15.3. The molecule has 0 aromatic heterocycles. The summed E-state index contributed by atoms with van der Waals surface area (Å²) < 4.78 is 5.37. The predicted molar refractivity (Wildman–Crippen MR) is 149 cm³/mol. The van der Waals surface area contributed by atoms with Crippen molar-refractivity contribution in [1.82, 2.24) is 15.5 Å². The molecule has 4 amide bonds. The van der Waals surface area contributed by atoms with E-state index in [0.717, 1.165) is 44.9 Å². The highest BCUT2D eigenvalue weighted by atomic mass is 16.6. The quantitative estimate of drug-likeness (QED) is 0.274. The number of nitrogens with two attached hydrogens (primary N) is 1. The Hall–Kier alpha value is -3.30. The molecule has 10 nitrogen and oxygen atoms in total. The summed E-state index contributed by atoms with van der Waals surface area (Å²) in [6, 6.07) is 4.11. The summed E-state index contributed by atoms with van der Waals surface area (Å²) in [5.41, 5.74) is 5.11. The van der Waals surface area contributed by atoms with Crippen LogP contribution in [0.2, 0.25) is 0 Å². The normalized spacial score (nSPS) is 15.6. The van der Waals surface area contributed by atoms with Crippen LogP contribution in [0.4, 0.5) is 4.79 Å². The molecule has 0 saturated heterocycles. The lowest BCUT2D eigenvalue weighted by atomic mass is 9.94. The minimum atomic E-state index is -1.13. The van der Waals surface area contributed by atoms with Gasteiger partial charge in [0.15, 0.2) is 0 Å². The molecule has 5 N–H and O–H groups in total. The molecule has 1 aliphatic rings. The average molecular weight is 547 g/mol. The number of carbonyl (C=O) groups is 4. The van der Waals surface area contributed by atoms with E-state index in [1.165, 1.54) is 17.0 Å². The van der Waals surface area contributed by atoms with Crippen molar-refractivity contribution in [3.63, 3.8) is 0 Å². The van der Waals surface area contributed by atoms with E-state index in [2.05, 4.69) is 10.6 Å². The topological polar surface area (TPSA) is 151 Å². The molecule has 0 aliphatic heterocycles. The van der Waals surface area contributed by atoms with Gasteiger partial charge in [0.1, 0.15) is 23.4 Å². The fraction of sp³-hybridized carbons (Fsp3) is 0.655. The number of unbranched alkanes of at least 4 members (excludes halogenated alkanes) is 2. The monoisotopic (exact) mass is 546 g/mol. The largest absolute Gasteiger partial charge is 0.508 e. The standard InChI is InChI=1S/C29H46N4O6/c1-5-6-10-19-33(27(37)23(17-18-24(30)35)32-28(38)39-29(2,3)4)25(20-13-15-22(34)16-14-20)26(36)31-21-11-8-7-9-12-21/h13-16,21,23,25,34H,5-12,17-19H2,1-4H3,(H2,30,35)(H,31,36)(H,32,38). The SMILES string of the molecule is CCCCCN(C(=O)C(CCC(N)=O)NC(=O)OC(C)(C)C)C(C(=O)NC1CCCCC1)c1ccc(O)cc1. The molecule has 39 heavy (non-hydrogen) atoms. The van der Waals surface area contributed by atoms with Gasteiger partial charge in [0.25, 0.3) is 0 Å². The molecular formula is C29H46N4O6. The molecule has 0 spiro atoms. The summed E-state index contributed by atoms with van der Waals surface area (Å²) in [7, 11) is 0. The van der Waals surface area contributed by atoms with E-state index in [0.29, 0.717) is 12.0 Å². The first-order valence-electron chi connectivity index (χ1n) is 14.1. The van der Waals surface area contributed by atoms with Crippen molar-refractivity contribution < 1.29 is 29.0 Å². The smallest absolute Gasteiger partial charge is 0.408 e. The van der Waals surface area contributed by atoms with Crippen molar-refractivity contribution >= 4 is 23.8 Å². The van der Waals surface area contributed by atoms with Crippen LogP contribution in [-0.2, 0) is 19.1 Å². The Morgan fingerprint density at radius 3 is 2.28 bits per heavy atom. The number of carbonyl (C=O) groups excluding carboxylic acids is 4. The van der Waals surface area contributed by atoms with Gasteiger partial charge in [-0.25, -0.2) is 4.79 Å². The number of primary amides is 1. The maximum Gasteiger partial charge on any atom is 0.408 e. The Bertz CT molecular complexity index is 954. The highest BCUT2D eigenvalue weighted by Crippen LogP contribution is 2.27. The van der Waals surface area contributed by atoms with Crippen molar-refractivity contribution in [2.75, 3.05) is 6.54 Å². The number of phenols is 1. The fourth-order valence-corrected chi connectivity index (χ4v) is 4.75. The second-order valence-corrected chi connectivity index (χ2v) is 11.3. The first-order chi connectivity index (χ1) is 18.4. The number of aromatic hydroxyl groups is 1. The second-order valence-electron chi connectivity index (χ2n) is 11.3. The molecule has 0 heterocycles. The van der Waals surface area contributed by atoms with Gasteiger partial charge in [0.05, 0.1) is 0 Å². The maximum absolute atomic E-state index is 14.1. The van der Waals surface area contributed by atoms with E-state index in [9.17, 15) is 24.3 Å². The number of phenolic OH excluding ortho intramolecular Hbond substituents is 1. The van der Waals surface area contributed by atoms with E-state index in [-0.39, 0.29) is 37.1 Å². The van der Waals surface area contributed by atoms with Crippen molar-refractivity contribution in [3.05, 3.63) is 29.8 Å². The van der Waals surface area contributed by atoms with Gasteiger partial charge in [-0.15, -0.1) is 0 Å². The number of nitrogens with zero attached hydrogens (tertiary/aromatic N) is 1. The van der Waals surface area contributed by atoms with Crippen LogP contribution in [0.3, 0.4) is 0 Å². The summed E-state index contributed by atoms with van der Waals surface area (Å²) in [4.78, 5) is 53.7. The summed E-state index contributed by atoms with van der Waals surface area (Å²) in [6.45, 7) is 7.43. The molecule has 1 aliphatic carbocycles. The molecule has 0 bridgehead atoms. The highest BCUT2D eigenvalue weighted by Gasteiger charge is 2.37. The lowest BCUT2D eigenvalue weighted by molar-refractivity contribution is -0.143. The lowest BCUT2D eigenvalue weighted by Gasteiger charge is -2.36. The molecule has 1 aromatic carbocycles. The number of ether oxygens (including phenoxy) is 1. The van der Waals surface area contributed by atoms with Crippen molar-refractivity contribution in [1.29, 1.82) is 0 Å². The third-order valence-electron chi connectivity index (χ3n) is 6.67. The van der Waals surface area contributed by atoms with E-state index >= 15 is 0 Å². The lowest BCUT2D eigenvalue weighted by Crippen LogP contribution is -2.54. The molecule has 10 heteroatoms. The summed E-state index contributed by atoms with van der Waals surface area (Å²) in [5, 5.41) is 15.6. The first kappa shape index (κ1) is 31.9. The summed E-state index contributed by atoms with van der Waals surface area (Å²) in [6.07, 6.45) is 6.35. The number of benzene rings is 1. The zero-order valence-electron chi connectivity index (χ0n) is 23.8.